The number of rotatable bonds is 35. The number of hydrogen-bond acceptors (Lipinski definition) is 7. The summed E-state index contributed by atoms with van der Waals surface area (Å²) in [6, 6.07) is 0. The maximum Gasteiger partial charge on any atom is 2.00 e. The molecule has 30 heteroatoms. The first kappa shape index (κ1) is 160. The third-order valence-corrected chi connectivity index (χ3v) is 12.2. The molecule has 86 heavy (non-hydrogen) atoms. The van der Waals surface area contributed by atoms with Gasteiger partial charge in [-0.15, -0.1) is 0 Å². The van der Waals surface area contributed by atoms with Crippen molar-refractivity contribution >= 4 is 41.8 Å². The topological polar surface area (TPSA) is 261 Å². The fourth-order valence-electron chi connectivity index (χ4n) is 6.67. The maximum absolute atomic E-state index is 10.4. The van der Waals surface area contributed by atoms with E-state index in [1.807, 2.05) is 48.5 Å². The molecule has 0 aromatic carbocycles. The molecule has 7 atom stereocenters. The third kappa shape index (κ3) is 124. The van der Waals surface area contributed by atoms with Gasteiger partial charge in [0.2, 0.25) is 0 Å². The molecule has 0 aromatic rings. The van der Waals surface area contributed by atoms with Gasteiger partial charge in [-0.05, 0) is 89.9 Å². The van der Waals surface area contributed by atoms with Crippen molar-refractivity contribution in [2.24, 2.45) is 41.4 Å². The van der Waals surface area contributed by atoms with E-state index < -0.39 is 41.8 Å². The second-order valence-corrected chi connectivity index (χ2v) is 18.1. The quantitative estimate of drug-likeness (QED) is 0.0291. The van der Waals surface area contributed by atoms with E-state index in [2.05, 4.69) is 48.5 Å². The molecule has 7 unspecified atom stereocenters. The Balaban J connectivity index is -0.0000000249. The van der Waals surface area contributed by atoms with Crippen LogP contribution in [-0.2, 0) is 345 Å². The Kier molecular flexibility index (Phi) is 238. The van der Waals surface area contributed by atoms with E-state index in [0.717, 1.165) is 180 Å². The average Bonchev–Trinajstić information content (AvgIpc) is 3.31. The van der Waals surface area contributed by atoms with Gasteiger partial charge in [0.15, 0.2) is 0 Å². The Morgan fingerprint density at radius 1 is 0.186 bits per heavy atom. The van der Waals surface area contributed by atoms with Crippen LogP contribution >= 0.6 is 0 Å². The van der Waals surface area contributed by atoms with Crippen LogP contribution in [0.1, 0.15) is 277 Å². The number of aliphatic carboxylic acids is 7. The maximum atomic E-state index is 10.4. The standard InChI is InChI=1S/7C8H16O2.16Zn/c7*1-3-5-6-7(4-2)8(9)10;;;;;;;;;;;;;;;;/h7*7H,3-6H2,1-2H3,(H,9,10);;;;;;;;;;;;;;;;/q;;;;;;;16*+2. The fourth-order valence-corrected chi connectivity index (χ4v) is 6.67. The van der Waals surface area contributed by atoms with Crippen molar-refractivity contribution in [2.45, 2.75) is 277 Å². The normalized spacial score (nSPS) is 10.6. The van der Waals surface area contributed by atoms with Crippen molar-refractivity contribution in [3.63, 3.8) is 0 Å². The van der Waals surface area contributed by atoms with Crippen LogP contribution in [0, 0.1) is 41.4 Å². The molecule has 0 heterocycles. The number of carboxylic acid groups (broad SMARTS) is 7. The summed E-state index contributed by atoms with van der Waals surface area (Å²) in [4.78, 5) is 73.1. The Morgan fingerprint density at radius 2 is 0.256 bits per heavy atom. The first-order chi connectivity index (χ1) is 33.0. The molecule has 0 spiro atoms. The monoisotopic (exact) mass is 2030 g/mol. The van der Waals surface area contributed by atoms with E-state index in [-0.39, 0.29) is 353 Å². The smallest absolute Gasteiger partial charge is 0.481 e. The van der Waals surface area contributed by atoms with Gasteiger partial charge in [-0.25, -0.2) is 0 Å². The SMILES string of the molecule is CCCCC(CC)C(=O)O.CCCCC(CC)C(=O)O.CCCCC(CC)C(=O)O.CCCCC(CC)C(=O)O.CCCCC(CC)C(=O)O.CCCCC(CC)C(=O)O.CCCCC(CC)C(=O)O.[Zn+2].[Zn+2].[Zn+2].[Zn+2].[Zn+2].[Zn+2].[Zn+2].[Zn+2].[Zn+2].[Zn+2].[Zn+2].[Zn+2].[Zn+2].[Zn+2].[Zn+2].[Zn+2]. The van der Waals surface area contributed by atoms with E-state index in [1.54, 1.807) is 0 Å². The Morgan fingerprint density at radius 3 is 0.291 bits per heavy atom. The summed E-state index contributed by atoms with van der Waals surface area (Å²) in [6.07, 6.45) is 26.0. The molecule has 0 bridgehead atoms. The molecule has 0 radical (unpaired) electrons. The van der Waals surface area contributed by atoms with Crippen molar-refractivity contribution in [1.29, 1.82) is 0 Å². The van der Waals surface area contributed by atoms with E-state index in [4.69, 9.17) is 35.7 Å². The van der Waals surface area contributed by atoms with Crippen LogP contribution in [0.15, 0.2) is 0 Å². The van der Waals surface area contributed by atoms with E-state index in [1.165, 1.54) is 0 Å². The Labute approximate surface area is 730 Å². The first-order valence-corrected chi connectivity index (χ1v) is 27.6. The molecule has 0 rings (SSSR count). The average molecular weight is 2060 g/mol. The summed E-state index contributed by atoms with van der Waals surface area (Å²) in [7, 11) is 0. The van der Waals surface area contributed by atoms with Gasteiger partial charge >= 0.3 is 353 Å². The van der Waals surface area contributed by atoms with Crippen LogP contribution in [0.5, 0.6) is 0 Å². The van der Waals surface area contributed by atoms with Gasteiger partial charge in [-0.1, -0.05) is 187 Å². The zero-order valence-electron chi connectivity index (χ0n) is 58.6. The van der Waals surface area contributed by atoms with Crippen molar-refractivity contribution in [3.05, 3.63) is 0 Å². The van der Waals surface area contributed by atoms with Crippen LogP contribution in [-0.4, -0.2) is 77.5 Å². The molecule has 0 saturated carbocycles. The largest absolute Gasteiger partial charge is 2.00 e. The van der Waals surface area contributed by atoms with Gasteiger partial charge < -0.3 is 35.7 Å². The fraction of sp³-hybridized carbons (Fsp3) is 0.875. The van der Waals surface area contributed by atoms with Crippen LogP contribution in [0.3, 0.4) is 0 Å². The molecule has 0 saturated heterocycles. The zero-order valence-corrected chi connectivity index (χ0v) is 106. The van der Waals surface area contributed by atoms with Crippen LogP contribution in [0.25, 0.3) is 0 Å². The molecule has 420 valence electrons. The molecule has 0 amide bonds. The summed E-state index contributed by atoms with van der Waals surface area (Å²) in [5.41, 5.74) is 0. The molecule has 7 N–H and O–H groups in total. The first-order valence-electron chi connectivity index (χ1n) is 27.6. The van der Waals surface area contributed by atoms with Crippen molar-refractivity contribution in [1.82, 2.24) is 0 Å². The number of hydrogen-bond donors (Lipinski definition) is 7. The molecule has 0 aliphatic rings. The summed E-state index contributed by atoms with van der Waals surface area (Å²) in [6.45, 7) is 28.0. The minimum atomic E-state index is -0.643. The second-order valence-electron chi connectivity index (χ2n) is 18.1. The molecule has 0 aromatic heterocycles. The van der Waals surface area contributed by atoms with Gasteiger partial charge in [-0.3, -0.25) is 33.6 Å². The molecule has 14 nitrogen and oxygen atoms in total. The van der Waals surface area contributed by atoms with E-state index in [9.17, 15) is 33.6 Å². The Bertz CT molecular complexity index is 1010. The molecule has 0 fully saturated rings. The summed E-state index contributed by atoms with van der Waals surface area (Å²) in [5.74, 6) is -5.28. The number of unbranched alkanes of at least 4 members (excludes halogenated alkanes) is 7. The molecule has 0 aliphatic heterocycles. The van der Waals surface area contributed by atoms with Gasteiger partial charge in [0, 0.05) is 0 Å². The molecular weight excluding hydrogens is 1940 g/mol. The number of carboxylic acids is 7. The summed E-state index contributed by atoms with van der Waals surface area (Å²) >= 11 is 0. The number of carbonyl (C=O) groups is 7. The van der Waals surface area contributed by atoms with Crippen LogP contribution in [0.4, 0.5) is 0 Å². The molecular formula is C56H112O14Zn16+32. The van der Waals surface area contributed by atoms with Crippen molar-refractivity contribution < 1.29 is 381 Å². The minimum absolute atomic E-state index is 0. The Hall–Kier alpha value is 6.26. The predicted octanol–water partition coefficient (Wildman–Crippen LogP) is 16.0. The van der Waals surface area contributed by atoms with E-state index in [0.29, 0.717) is 0 Å². The summed E-state index contributed by atoms with van der Waals surface area (Å²) in [5, 5.41) is 60.2. The summed E-state index contributed by atoms with van der Waals surface area (Å²) < 4.78 is 0. The van der Waals surface area contributed by atoms with Gasteiger partial charge in [0.1, 0.15) is 0 Å². The van der Waals surface area contributed by atoms with Gasteiger partial charge in [0.25, 0.3) is 0 Å². The van der Waals surface area contributed by atoms with Crippen molar-refractivity contribution in [2.75, 3.05) is 0 Å². The predicted molar refractivity (Wildman–Crippen MR) is 287 cm³/mol. The van der Waals surface area contributed by atoms with Crippen LogP contribution < -0.4 is 0 Å². The second kappa shape index (κ2) is 128. The van der Waals surface area contributed by atoms with Gasteiger partial charge in [-0.2, -0.15) is 0 Å². The third-order valence-electron chi connectivity index (χ3n) is 12.2. The van der Waals surface area contributed by atoms with Crippen molar-refractivity contribution in [3.8, 4) is 0 Å². The van der Waals surface area contributed by atoms with E-state index >= 15 is 0 Å². The minimum Gasteiger partial charge on any atom is -0.481 e. The zero-order chi connectivity index (χ0) is 55.9. The van der Waals surface area contributed by atoms with Gasteiger partial charge in [0.05, 0.1) is 41.4 Å². The van der Waals surface area contributed by atoms with Crippen LogP contribution in [0.2, 0.25) is 0 Å². The molecule has 0 aliphatic carbocycles.